The van der Waals surface area contributed by atoms with Gasteiger partial charge in [-0.2, -0.15) is 0 Å². The molecule has 6 N–H and O–H groups in total. The number of primary amides is 2. The first-order valence-electron chi connectivity index (χ1n) is 3.30. The average molecular weight is 206 g/mol. The number of hydrogen-bond donors (Lipinski definition) is 4. The van der Waals surface area contributed by atoms with Crippen molar-refractivity contribution in [1.82, 2.24) is 0 Å². The van der Waals surface area contributed by atoms with Gasteiger partial charge in [0.1, 0.15) is 0 Å². The van der Waals surface area contributed by atoms with E-state index in [-0.39, 0.29) is 12.8 Å². The zero-order chi connectivity index (χ0) is 11.7. The van der Waals surface area contributed by atoms with Gasteiger partial charge in [-0.15, -0.1) is 0 Å². The van der Waals surface area contributed by atoms with Gasteiger partial charge in [0.25, 0.3) is 0 Å². The normalized spacial score (nSPS) is 8.00. The van der Waals surface area contributed by atoms with Crippen LogP contribution in [0.1, 0.15) is 12.8 Å². The van der Waals surface area contributed by atoms with E-state index in [1.807, 2.05) is 0 Å². The van der Waals surface area contributed by atoms with Crippen molar-refractivity contribution in [2.24, 2.45) is 11.5 Å². The summed E-state index contributed by atoms with van der Waals surface area (Å²) in [5.41, 5.74) is 8.64. The van der Waals surface area contributed by atoms with Gasteiger partial charge < -0.3 is 21.7 Å². The molecule has 0 unspecified atom stereocenters. The maximum Gasteiger partial charge on any atom is 0.306 e. The van der Waals surface area contributed by atoms with Gasteiger partial charge in [0.15, 0.2) is 0 Å². The average Bonchev–Trinajstić information content (AvgIpc) is 2.01. The molecule has 0 spiro atoms. The summed E-state index contributed by atoms with van der Waals surface area (Å²) in [6.45, 7) is 0. The number of nitrogens with two attached hydrogens (primary N) is 2. The third-order valence-electron chi connectivity index (χ3n) is 0.796. The minimum Gasteiger partial charge on any atom is -0.481 e. The lowest BCUT2D eigenvalue weighted by atomic mass is 10.3. The number of carbonyl (C=O) groups is 4. The van der Waals surface area contributed by atoms with Gasteiger partial charge >= 0.3 is 23.8 Å². The minimum absolute atomic E-state index is 0.296. The molecule has 8 nitrogen and oxygen atoms in total. The van der Waals surface area contributed by atoms with Crippen LogP contribution in [-0.2, 0) is 19.2 Å². The number of amides is 2. The quantitative estimate of drug-likeness (QED) is 0.386. The molecule has 0 aliphatic rings. The highest BCUT2D eigenvalue weighted by Gasteiger charge is 2.00. The third kappa shape index (κ3) is 16.5. The Kier molecular flexibility index (Phi) is 7.74. The number of aliphatic carboxylic acids is 2. The van der Waals surface area contributed by atoms with E-state index in [9.17, 15) is 19.2 Å². The molecule has 0 aliphatic carbocycles. The first-order valence-corrected chi connectivity index (χ1v) is 3.30. The first-order chi connectivity index (χ1) is 6.27. The summed E-state index contributed by atoms with van der Waals surface area (Å²) in [6.07, 6.45) is -0.593. The van der Waals surface area contributed by atoms with E-state index in [2.05, 4.69) is 11.5 Å². The molecule has 0 aromatic carbocycles. The molecule has 0 radical (unpaired) electrons. The largest absolute Gasteiger partial charge is 0.481 e. The second kappa shape index (κ2) is 7.53. The molecule has 0 bridgehead atoms. The lowest BCUT2D eigenvalue weighted by molar-refractivity contribution is -0.143. The Morgan fingerprint density at radius 2 is 1.00 bits per heavy atom. The predicted molar refractivity (Wildman–Crippen MR) is 42.9 cm³/mol. The molecule has 0 rings (SSSR count). The van der Waals surface area contributed by atoms with Crippen LogP contribution in [-0.4, -0.2) is 34.0 Å². The molecule has 0 aromatic rings. The first kappa shape index (κ1) is 14.4. The van der Waals surface area contributed by atoms with E-state index in [0.717, 1.165) is 0 Å². The van der Waals surface area contributed by atoms with Crippen LogP contribution in [0.4, 0.5) is 0 Å². The topological polar surface area (TPSA) is 161 Å². The highest BCUT2D eigenvalue weighted by molar-refractivity contribution is 6.33. The Labute approximate surface area is 78.5 Å². The molecule has 2 amide bonds. The summed E-state index contributed by atoms with van der Waals surface area (Å²) in [5.74, 6) is -4.36. The van der Waals surface area contributed by atoms with Gasteiger partial charge in [-0.25, -0.2) is 0 Å². The number of carboxylic acid groups (broad SMARTS) is 2. The van der Waals surface area contributed by atoms with E-state index >= 15 is 0 Å². The Bertz CT molecular complexity index is 223. The van der Waals surface area contributed by atoms with E-state index in [1.165, 1.54) is 0 Å². The Balaban J connectivity index is 0. The lowest BCUT2D eigenvalue weighted by Crippen LogP contribution is -2.29. The number of carboxylic acids is 2. The number of rotatable bonds is 3. The third-order valence-corrected chi connectivity index (χ3v) is 0.796. The molecule has 14 heavy (non-hydrogen) atoms. The van der Waals surface area contributed by atoms with Crippen LogP contribution in [0, 0.1) is 0 Å². The van der Waals surface area contributed by atoms with Crippen LogP contribution in [0.15, 0.2) is 0 Å². The maximum atomic E-state index is 9.64. The molecule has 0 saturated heterocycles. The summed E-state index contributed by atoms with van der Waals surface area (Å²) >= 11 is 0. The van der Waals surface area contributed by atoms with Gasteiger partial charge in [0.05, 0.1) is 12.8 Å². The zero-order valence-corrected chi connectivity index (χ0v) is 7.10. The fourth-order valence-corrected chi connectivity index (χ4v) is 0.214. The van der Waals surface area contributed by atoms with Crippen LogP contribution in [0.5, 0.6) is 0 Å². The van der Waals surface area contributed by atoms with Crippen LogP contribution in [0.3, 0.4) is 0 Å². The van der Waals surface area contributed by atoms with E-state index in [0.29, 0.717) is 0 Å². The second-order valence-corrected chi connectivity index (χ2v) is 2.02. The van der Waals surface area contributed by atoms with Crippen molar-refractivity contribution >= 4 is 23.8 Å². The van der Waals surface area contributed by atoms with Crippen molar-refractivity contribution in [1.29, 1.82) is 0 Å². The van der Waals surface area contributed by atoms with Crippen LogP contribution >= 0.6 is 0 Å². The molecular formula is C6H10N2O6. The van der Waals surface area contributed by atoms with Crippen molar-refractivity contribution in [3.63, 3.8) is 0 Å². The summed E-state index contributed by atoms with van der Waals surface area (Å²) in [7, 11) is 0. The minimum atomic E-state index is -1.10. The molecule has 0 aromatic heterocycles. The predicted octanol–water partition coefficient (Wildman–Crippen LogP) is -2.11. The Morgan fingerprint density at radius 1 is 0.786 bits per heavy atom. The van der Waals surface area contributed by atoms with Gasteiger partial charge in [-0.3, -0.25) is 19.2 Å². The molecule has 0 saturated carbocycles. The summed E-state index contributed by atoms with van der Waals surface area (Å²) in [5, 5.41) is 15.8. The second-order valence-electron chi connectivity index (χ2n) is 2.02. The Morgan fingerprint density at radius 3 is 1.07 bits per heavy atom. The Hall–Kier alpha value is -2.12. The number of hydrogen-bond acceptors (Lipinski definition) is 4. The fraction of sp³-hybridized carbons (Fsp3) is 0.333. The summed E-state index contributed by atoms with van der Waals surface area (Å²) < 4.78 is 0. The van der Waals surface area contributed by atoms with E-state index in [4.69, 9.17) is 10.2 Å². The zero-order valence-electron chi connectivity index (χ0n) is 7.10. The van der Waals surface area contributed by atoms with Crippen molar-refractivity contribution in [2.75, 3.05) is 0 Å². The fourth-order valence-electron chi connectivity index (χ4n) is 0.214. The molecule has 0 heterocycles. The standard InChI is InChI=1S/C4H6O4.C2H4N2O2/c5-3(6)1-2-4(7)8;3-1(5)2(4)6/h1-2H2,(H,5,6)(H,7,8);(H2,3,5)(H2,4,6). The van der Waals surface area contributed by atoms with Crippen molar-refractivity contribution in [3.05, 3.63) is 0 Å². The van der Waals surface area contributed by atoms with E-state index < -0.39 is 23.8 Å². The van der Waals surface area contributed by atoms with Gasteiger partial charge in [-0.05, 0) is 0 Å². The molecule has 8 heteroatoms. The van der Waals surface area contributed by atoms with Gasteiger partial charge in [0, 0.05) is 0 Å². The van der Waals surface area contributed by atoms with Gasteiger partial charge in [-0.1, -0.05) is 0 Å². The highest BCUT2D eigenvalue weighted by Crippen LogP contribution is 1.86. The van der Waals surface area contributed by atoms with Crippen LogP contribution in [0.2, 0.25) is 0 Å². The van der Waals surface area contributed by atoms with Crippen LogP contribution < -0.4 is 11.5 Å². The SMILES string of the molecule is NC(=O)C(N)=O.O=C(O)CCC(=O)O. The maximum absolute atomic E-state index is 9.64. The number of carbonyl (C=O) groups excluding carboxylic acids is 2. The molecule has 0 aliphatic heterocycles. The van der Waals surface area contributed by atoms with E-state index in [1.54, 1.807) is 0 Å². The molecule has 80 valence electrons. The van der Waals surface area contributed by atoms with Crippen molar-refractivity contribution < 1.29 is 29.4 Å². The monoisotopic (exact) mass is 206 g/mol. The van der Waals surface area contributed by atoms with Crippen LogP contribution in [0.25, 0.3) is 0 Å². The van der Waals surface area contributed by atoms with Crippen molar-refractivity contribution in [3.8, 4) is 0 Å². The highest BCUT2D eigenvalue weighted by atomic mass is 16.4. The molecule has 0 atom stereocenters. The summed E-state index contributed by atoms with van der Waals surface area (Å²) in [4.78, 5) is 38.2. The van der Waals surface area contributed by atoms with Gasteiger partial charge in [0.2, 0.25) is 0 Å². The molecular weight excluding hydrogens is 196 g/mol. The lowest BCUT2D eigenvalue weighted by Gasteiger charge is -1.85. The van der Waals surface area contributed by atoms with Crippen molar-refractivity contribution in [2.45, 2.75) is 12.8 Å². The molecule has 0 fully saturated rings. The summed E-state index contributed by atoms with van der Waals surface area (Å²) in [6, 6.07) is 0. The smallest absolute Gasteiger partial charge is 0.306 e.